The minimum Gasteiger partial charge on any atom is -0.497 e. The topological polar surface area (TPSA) is 38.3 Å². The van der Waals surface area contributed by atoms with Crippen molar-refractivity contribution in [1.82, 2.24) is 0 Å². The highest BCUT2D eigenvalue weighted by Crippen LogP contribution is 2.17. The van der Waals surface area contributed by atoms with Gasteiger partial charge in [0.15, 0.2) is 0 Å². The summed E-state index contributed by atoms with van der Waals surface area (Å²) in [6.07, 6.45) is 0. The van der Waals surface area contributed by atoms with Crippen LogP contribution in [0.1, 0.15) is 10.4 Å². The van der Waals surface area contributed by atoms with Crippen LogP contribution in [0.4, 0.5) is 5.69 Å². The van der Waals surface area contributed by atoms with Crippen LogP contribution in [-0.2, 0) is 0 Å². The summed E-state index contributed by atoms with van der Waals surface area (Å²) in [7, 11) is 1.60. The van der Waals surface area contributed by atoms with Crippen LogP contribution in [0.25, 0.3) is 0 Å². The Labute approximate surface area is 97.7 Å². The summed E-state index contributed by atoms with van der Waals surface area (Å²) < 4.78 is 5.08. The van der Waals surface area contributed by atoms with Gasteiger partial charge < -0.3 is 10.1 Å². The van der Waals surface area contributed by atoms with E-state index in [1.807, 2.05) is 29.0 Å². The molecule has 3 nitrogen and oxygen atoms in total. The first-order valence-electron chi connectivity index (χ1n) is 4.77. The number of methoxy groups -OCH3 is 1. The number of nitrogens with one attached hydrogen (secondary N) is 1. The monoisotopic (exact) mass is 233 g/mol. The van der Waals surface area contributed by atoms with Gasteiger partial charge in [0, 0.05) is 17.1 Å². The Kier molecular flexibility index (Phi) is 3.22. The summed E-state index contributed by atoms with van der Waals surface area (Å²) in [5.41, 5.74) is 1.41. The lowest BCUT2D eigenvalue weighted by Crippen LogP contribution is -2.10. The lowest BCUT2D eigenvalue weighted by molar-refractivity contribution is 0.102. The molecule has 0 spiro atoms. The third kappa shape index (κ3) is 2.41. The maximum Gasteiger partial charge on any atom is 0.256 e. The Morgan fingerprint density at radius 3 is 2.94 bits per heavy atom. The summed E-state index contributed by atoms with van der Waals surface area (Å²) in [5.74, 6) is 0.623. The number of benzene rings is 1. The molecule has 1 heterocycles. The summed E-state index contributed by atoms with van der Waals surface area (Å²) in [5, 5.41) is 6.50. The number of ether oxygens (including phenoxy) is 1. The normalized spacial score (nSPS) is 9.81. The van der Waals surface area contributed by atoms with Gasteiger partial charge in [-0.15, -0.1) is 0 Å². The van der Waals surface area contributed by atoms with Crippen molar-refractivity contribution < 1.29 is 9.53 Å². The second kappa shape index (κ2) is 4.81. The first-order chi connectivity index (χ1) is 7.79. The molecule has 0 aliphatic heterocycles. The van der Waals surface area contributed by atoms with E-state index >= 15 is 0 Å². The largest absolute Gasteiger partial charge is 0.497 e. The molecule has 0 radical (unpaired) electrons. The van der Waals surface area contributed by atoms with E-state index in [2.05, 4.69) is 5.32 Å². The molecule has 0 aliphatic carbocycles. The number of rotatable bonds is 3. The fourth-order valence-corrected chi connectivity index (χ4v) is 1.93. The third-order valence-corrected chi connectivity index (χ3v) is 2.79. The maximum absolute atomic E-state index is 11.7. The molecule has 16 heavy (non-hydrogen) atoms. The number of thiophene rings is 1. The lowest BCUT2D eigenvalue weighted by Gasteiger charge is -2.05. The highest BCUT2D eigenvalue weighted by molar-refractivity contribution is 7.08. The Morgan fingerprint density at radius 1 is 1.38 bits per heavy atom. The minimum absolute atomic E-state index is 0.102. The molecule has 1 amide bonds. The standard InChI is InChI=1S/C12H11NO2S/c1-15-11-4-2-3-10(7-11)13-12(14)9-5-6-16-8-9/h2-8H,1H3,(H,13,14). The van der Waals surface area contributed by atoms with Crippen LogP contribution in [0.2, 0.25) is 0 Å². The zero-order valence-corrected chi connectivity index (χ0v) is 9.58. The summed E-state index contributed by atoms with van der Waals surface area (Å²) in [6.45, 7) is 0. The van der Waals surface area contributed by atoms with Gasteiger partial charge in [0.05, 0.1) is 12.7 Å². The average Bonchev–Trinajstić information content (AvgIpc) is 2.83. The number of amides is 1. The molecular weight excluding hydrogens is 222 g/mol. The van der Waals surface area contributed by atoms with Crippen LogP contribution >= 0.6 is 11.3 Å². The molecule has 0 unspecified atom stereocenters. The second-order valence-electron chi connectivity index (χ2n) is 3.20. The predicted octanol–water partition coefficient (Wildman–Crippen LogP) is 3.01. The summed E-state index contributed by atoms with van der Waals surface area (Å²) in [4.78, 5) is 11.7. The van der Waals surface area contributed by atoms with E-state index in [0.717, 1.165) is 11.4 Å². The van der Waals surface area contributed by atoms with E-state index in [1.54, 1.807) is 19.2 Å². The molecular formula is C12H11NO2S. The van der Waals surface area contributed by atoms with E-state index in [-0.39, 0.29) is 5.91 Å². The molecule has 4 heteroatoms. The Bertz CT molecular complexity index is 480. The van der Waals surface area contributed by atoms with Gasteiger partial charge in [-0.05, 0) is 23.6 Å². The van der Waals surface area contributed by atoms with Gasteiger partial charge in [-0.25, -0.2) is 0 Å². The predicted molar refractivity (Wildman–Crippen MR) is 65.3 cm³/mol. The molecule has 0 fully saturated rings. The zero-order chi connectivity index (χ0) is 11.4. The van der Waals surface area contributed by atoms with Crippen LogP contribution < -0.4 is 10.1 Å². The van der Waals surface area contributed by atoms with Gasteiger partial charge in [0.25, 0.3) is 5.91 Å². The van der Waals surface area contributed by atoms with Crippen LogP contribution in [0.3, 0.4) is 0 Å². The molecule has 0 saturated carbocycles. The highest BCUT2D eigenvalue weighted by Gasteiger charge is 2.06. The first kappa shape index (κ1) is 10.7. The van der Waals surface area contributed by atoms with Crippen molar-refractivity contribution in [3.05, 3.63) is 46.7 Å². The van der Waals surface area contributed by atoms with E-state index in [0.29, 0.717) is 5.56 Å². The fourth-order valence-electron chi connectivity index (χ4n) is 1.30. The number of anilines is 1. The van der Waals surface area contributed by atoms with Gasteiger partial charge in [0.2, 0.25) is 0 Å². The lowest BCUT2D eigenvalue weighted by atomic mass is 10.2. The molecule has 0 bridgehead atoms. The first-order valence-corrected chi connectivity index (χ1v) is 5.71. The van der Waals surface area contributed by atoms with E-state index in [1.165, 1.54) is 11.3 Å². The average molecular weight is 233 g/mol. The van der Waals surface area contributed by atoms with Gasteiger partial charge >= 0.3 is 0 Å². The van der Waals surface area contributed by atoms with Crippen molar-refractivity contribution in [1.29, 1.82) is 0 Å². The molecule has 1 N–H and O–H groups in total. The Morgan fingerprint density at radius 2 is 2.25 bits per heavy atom. The molecule has 0 atom stereocenters. The number of hydrogen-bond acceptors (Lipinski definition) is 3. The summed E-state index contributed by atoms with van der Waals surface area (Å²) in [6, 6.07) is 9.07. The molecule has 1 aromatic carbocycles. The quantitative estimate of drug-likeness (QED) is 0.885. The van der Waals surface area contributed by atoms with Crippen LogP contribution in [0, 0.1) is 0 Å². The second-order valence-corrected chi connectivity index (χ2v) is 3.98. The van der Waals surface area contributed by atoms with Crippen molar-refractivity contribution in [2.24, 2.45) is 0 Å². The van der Waals surface area contributed by atoms with Crippen LogP contribution in [0.5, 0.6) is 5.75 Å². The molecule has 1 aromatic heterocycles. The smallest absolute Gasteiger partial charge is 0.256 e. The van der Waals surface area contributed by atoms with E-state index in [9.17, 15) is 4.79 Å². The van der Waals surface area contributed by atoms with Gasteiger partial charge in [-0.2, -0.15) is 11.3 Å². The van der Waals surface area contributed by atoms with Crippen LogP contribution in [-0.4, -0.2) is 13.0 Å². The third-order valence-electron chi connectivity index (χ3n) is 2.11. The SMILES string of the molecule is COc1cccc(NC(=O)c2ccsc2)c1. The van der Waals surface area contributed by atoms with Crippen molar-refractivity contribution in [3.63, 3.8) is 0 Å². The molecule has 0 aliphatic rings. The fraction of sp³-hybridized carbons (Fsp3) is 0.0833. The van der Waals surface area contributed by atoms with Gasteiger partial charge in [-0.3, -0.25) is 4.79 Å². The highest BCUT2D eigenvalue weighted by atomic mass is 32.1. The van der Waals surface area contributed by atoms with E-state index < -0.39 is 0 Å². The van der Waals surface area contributed by atoms with Crippen molar-refractivity contribution in [3.8, 4) is 5.75 Å². The minimum atomic E-state index is -0.102. The maximum atomic E-state index is 11.7. The number of carbonyl (C=O) groups excluding carboxylic acids is 1. The Hall–Kier alpha value is -1.81. The van der Waals surface area contributed by atoms with E-state index in [4.69, 9.17) is 4.74 Å². The zero-order valence-electron chi connectivity index (χ0n) is 8.77. The van der Waals surface area contributed by atoms with Crippen molar-refractivity contribution in [2.75, 3.05) is 12.4 Å². The number of hydrogen-bond donors (Lipinski definition) is 1. The van der Waals surface area contributed by atoms with Gasteiger partial charge in [-0.1, -0.05) is 6.07 Å². The molecule has 82 valence electrons. The molecule has 2 aromatic rings. The molecule has 0 saturated heterocycles. The number of carbonyl (C=O) groups is 1. The van der Waals surface area contributed by atoms with Crippen molar-refractivity contribution in [2.45, 2.75) is 0 Å². The molecule has 2 rings (SSSR count). The summed E-state index contributed by atoms with van der Waals surface area (Å²) >= 11 is 1.50. The van der Waals surface area contributed by atoms with Crippen LogP contribution in [0.15, 0.2) is 41.1 Å². The Balaban J connectivity index is 2.12. The van der Waals surface area contributed by atoms with Crippen molar-refractivity contribution >= 4 is 22.9 Å². The van der Waals surface area contributed by atoms with Gasteiger partial charge in [0.1, 0.15) is 5.75 Å².